The molecular formula is C20H27Cl3O2Si. The molecule has 0 spiro atoms. The Hall–Kier alpha value is -0.483. The van der Waals surface area contributed by atoms with E-state index < -0.39 is 6.00 Å². The number of halogens is 3. The maximum atomic E-state index is 11.1. The topological polar surface area (TPSA) is 26.3 Å². The number of carbonyl (C=O) groups excluding carboxylic acids is 1. The first-order valence-electron chi connectivity index (χ1n) is 9.30. The first-order chi connectivity index (χ1) is 12.4. The first-order valence-corrected chi connectivity index (χ1v) is 14.5. The van der Waals surface area contributed by atoms with Crippen LogP contribution in [0, 0.1) is 5.92 Å². The van der Waals surface area contributed by atoms with Gasteiger partial charge in [-0.05, 0) is 60.8 Å². The summed E-state index contributed by atoms with van der Waals surface area (Å²) in [5.74, 6) is 1.15. The van der Waals surface area contributed by atoms with Crippen LogP contribution in [0.2, 0.25) is 6.04 Å². The minimum atomic E-state index is -2.43. The van der Waals surface area contributed by atoms with Gasteiger partial charge in [-0.2, -0.15) is 0 Å². The van der Waals surface area contributed by atoms with Gasteiger partial charge in [0.1, 0.15) is 0 Å². The molecule has 0 aromatic heterocycles. The summed E-state index contributed by atoms with van der Waals surface area (Å²) >= 11 is 17.8. The molecule has 2 rings (SSSR count). The molecule has 1 aliphatic carbocycles. The summed E-state index contributed by atoms with van der Waals surface area (Å²) in [7, 11) is 1.38. The van der Waals surface area contributed by atoms with Crippen molar-refractivity contribution in [1.82, 2.24) is 0 Å². The fourth-order valence-electron chi connectivity index (χ4n) is 3.65. The van der Waals surface area contributed by atoms with Crippen LogP contribution in [-0.2, 0) is 9.53 Å². The largest absolute Gasteiger partial charge is 0.466 e. The molecule has 1 aromatic rings. The average Bonchev–Trinajstić information content (AvgIpc) is 2.63. The van der Waals surface area contributed by atoms with E-state index in [1.807, 2.05) is 0 Å². The highest BCUT2D eigenvalue weighted by Gasteiger charge is 2.25. The molecule has 1 saturated carbocycles. The zero-order chi connectivity index (χ0) is 19.0. The summed E-state index contributed by atoms with van der Waals surface area (Å²) in [5, 5.41) is 0. The summed E-state index contributed by atoms with van der Waals surface area (Å²) in [6.07, 6.45) is 11.8. The smallest absolute Gasteiger partial charge is 0.341 e. The van der Waals surface area contributed by atoms with Gasteiger partial charge in [-0.1, -0.05) is 43.5 Å². The number of ether oxygens (including phenoxy) is 1. The van der Waals surface area contributed by atoms with Crippen molar-refractivity contribution in [2.24, 2.45) is 5.92 Å². The van der Waals surface area contributed by atoms with Gasteiger partial charge in [0.25, 0.3) is 0 Å². The number of hydrogen-bond donors (Lipinski definition) is 0. The van der Waals surface area contributed by atoms with E-state index in [2.05, 4.69) is 29.0 Å². The van der Waals surface area contributed by atoms with Gasteiger partial charge in [0.15, 0.2) is 0 Å². The Balaban J connectivity index is 1.74. The lowest BCUT2D eigenvalue weighted by Crippen LogP contribution is -2.14. The van der Waals surface area contributed by atoms with Crippen molar-refractivity contribution < 1.29 is 9.53 Å². The number of esters is 1. The molecule has 0 heterocycles. The fourth-order valence-corrected chi connectivity index (χ4v) is 5.51. The fraction of sp³-hybridized carbons (Fsp3) is 0.550. The third-order valence-corrected chi connectivity index (χ3v) is 7.81. The molecule has 1 fully saturated rings. The lowest BCUT2D eigenvalue weighted by atomic mass is 9.77. The van der Waals surface area contributed by atoms with Crippen molar-refractivity contribution in [3.8, 4) is 0 Å². The van der Waals surface area contributed by atoms with Crippen LogP contribution in [0.5, 0.6) is 0 Å². The molecule has 1 aromatic carbocycles. The van der Waals surface area contributed by atoms with Gasteiger partial charge in [-0.3, -0.25) is 0 Å². The van der Waals surface area contributed by atoms with Crippen LogP contribution in [0.1, 0.15) is 62.0 Å². The number of unbranched alkanes of at least 4 members (excludes halogenated alkanes) is 1. The molecule has 6 heteroatoms. The molecule has 0 atom stereocenters. The van der Waals surface area contributed by atoms with Crippen LogP contribution in [0.15, 0.2) is 30.3 Å². The molecule has 0 N–H and O–H groups in total. The van der Waals surface area contributed by atoms with E-state index in [0.29, 0.717) is 5.92 Å². The van der Waals surface area contributed by atoms with Crippen molar-refractivity contribution in [1.29, 1.82) is 0 Å². The maximum Gasteiger partial charge on any atom is 0.341 e. The monoisotopic (exact) mass is 432 g/mol. The van der Waals surface area contributed by atoms with E-state index in [-0.39, 0.29) is 5.97 Å². The molecular weight excluding hydrogens is 407 g/mol. The molecule has 26 heavy (non-hydrogen) atoms. The Labute approximate surface area is 172 Å². The quantitative estimate of drug-likeness (QED) is 0.145. The summed E-state index contributed by atoms with van der Waals surface area (Å²) in [6.45, 7) is 0. The Morgan fingerprint density at radius 1 is 1.12 bits per heavy atom. The van der Waals surface area contributed by atoms with E-state index in [1.54, 1.807) is 6.08 Å². The number of carbonyl (C=O) groups is 1. The summed E-state index contributed by atoms with van der Waals surface area (Å²) in [5.41, 5.74) is 2.42. The number of benzene rings is 1. The molecule has 0 amide bonds. The van der Waals surface area contributed by atoms with Crippen molar-refractivity contribution in [3.63, 3.8) is 0 Å². The third kappa shape index (κ3) is 8.04. The average molecular weight is 434 g/mol. The molecule has 2 nitrogen and oxygen atoms in total. The molecule has 0 radical (unpaired) electrons. The third-order valence-electron chi connectivity index (χ3n) is 5.19. The minimum absolute atomic E-state index is 0.330. The molecule has 0 aliphatic heterocycles. The Morgan fingerprint density at radius 2 is 1.77 bits per heavy atom. The van der Waals surface area contributed by atoms with Crippen LogP contribution in [0.25, 0.3) is 6.08 Å². The highest BCUT2D eigenvalue weighted by molar-refractivity contribution is 7.64. The van der Waals surface area contributed by atoms with Crippen molar-refractivity contribution in [2.75, 3.05) is 7.11 Å². The van der Waals surface area contributed by atoms with Gasteiger partial charge in [0.05, 0.1) is 7.11 Å². The number of rotatable bonds is 8. The Morgan fingerprint density at radius 3 is 2.35 bits per heavy atom. The lowest BCUT2D eigenvalue weighted by molar-refractivity contribution is -0.134. The van der Waals surface area contributed by atoms with E-state index in [1.165, 1.54) is 57.3 Å². The second kappa shape index (κ2) is 10.7. The minimum Gasteiger partial charge on any atom is -0.466 e. The highest BCUT2D eigenvalue weighted by atomic mass is 35.8. The van der Waals surface area contributed by atoms with E-state index >= 15 is 0 Å². The van der Waals surface area contributed by atoms with Crippen LogP contribution in [-0.4, -0.2) is 19.1 Å². The van der Waals surface area contributed by atoms with Gasteiger partial charge in [-0.15, -0.1) is 33.2 Å². The summed E-state index contributed by atoms with van der Waals surface area (Å²) in [6, 6.07) is 6.87. The summed E-state index contributed by atoms with van der Waals surface area (Å²) in [4.78, 5) is 11.1. The SMILES string of the molecule is COC(=O)C=Cc1ccc([C@H]2CC[C@H](CCCC[Si](Cl)(Cl)Cl)CC2)cc1. The molecule has 144 valence electrons. The van der Waals surface area contributed by atoms with Crippen LogP contribution >= 0.6 is 33.2 Å². The Kier molecular flexibility index (Phi) is 9.02. The normalized spacial score (nSPS) is 21.1. The van der Waals surface area contributed by atoms with Crippen LogP contribution < -0.4 is 0 Å². The number of methoxy groups -OCH3 is 1. The predicted octanol–water partition coefficient (Wildman–Crippen LogP) is 6.97. The van der Waals surface area contributed by atoms with Crippen molar-refractivity contribution in [2.45, 2.75) is 56.9 Å². The van der Waals surface area contributed by atoms with Crippen molar-refractivity contribution in [3.05, 3.63) is 41.5 Å². The molecule has 0 unspecified atom stereocenters. The Bertz CT molecular complexity index is 588. The van der Waals surface area contributed by atoms with Gasteiger partial charge in [0.2, 0.25) is 0 Å². The lowest BCUT2D eigenvalue weighted by Gasteiger charge is -2.29. The van der Waals surface area contributed by atoms with Crippen LogP contribution in [0.4, 0.5) is 0 Å². The van der Waals surface area contributed by atoms with E-state index in [4.69, 9.17) is 33.2 Å². The maximum absolute atomic E-state index is 11.1. The zero-order valence-electron chi connectivity index (χ0n) is 15.2. The highest BCUT2D eigenvalue weighted by Crippen LogP contribution is 2.38. The molecule has 0 bridgehead atoms. The molecule has 1 aliphatic rings. The summed E-state index contributed by atoms with van der Waals surface area (Å²) < 4.78 is 4.61. The van der Waals surface area contributed by atoms with Crippen molar-refractivity contribution >= 4 is 51.3 Å². The van der Waals surface area contributed by atoms with E-state index in [9.17, 15) is 4.79 Å². The predicted molar refractivity (Wildman–Crippen MR) is 114 cm³/mol. The molecule has 0 saturated heterocycles. The van der Waals surface area contributed by atoms with Gasteiger partial charge in [0, 0.05) is 6.08 Å². The second-order valence-corrected chi connectivity index (χ2v) is 16.4. The van der Waals surface area contributed by atoms with Gasteiger partial charge < -0.3 is 4.74 Å². The van der Waals surface area contributed by atoms with Crippen LogP contribution in [0.3, 0.4) is 0 Å². The van der Waals surface area contributed by atoms with Gasteiger partial charge in [-0.25, -0.2) is 4.79 Å². The zero-order valence-corrected chi connectivity index (χ0v) is 18.5. The standard InChI is InChI=1S/C20H27Cl3O2Si/c1-25-20(24)14-9-17-7-12-19(13-8-17)18-10-5-16(6-11-18)4-2-3-15-26(21,22)23/h7-9,12-14,16,18H,2-6,10-11,15H2,1H3/t16-,18-. The van der Waals surface area contributed by atoms with E-state index in [0.717, 1.165) is 23.9 Å². The second-order valence-electron chi connectivity index (χ2n) is 7.10. The number of hydrogen-bond acceptors (Lipinski definition) is 2. The van der Waals surface area contributed by atoms with Gasteiger partial charge >= 0.3 is 12.0 Å². The first kappa shape index (κ1) is 21.8.